The Morgan fingerprint density at radius 3 is 2.18 bits per heavy atom. The first-order valence-corrected chi connectivity index (χ1v) is 12.7. The molecule has 3 aromatic rings. The first-order valence-electron chi connectivity index (χ1n) is 11.2. The van der Waals surface area contributed by atoms with E-state index in [9.17, 15) is 13.2 Å². The smallest absolute Gasteiger partial charge is 0.261 e. The number of amides is 1. The summed E-state index contributed by atoms with van der Waals surface area (Å²) < 4.78 is 27.9. The maximum atomic E-state index is 12.8. The highest BCUT2D eigenvalue weighted by atomic mass is 32.2. The molecule has 2 N–H and O–H groups in total. The Labute approximate surface area is 195 Å². The molecule has 0 aromatic heterocycles. The molecular weight excluding hydrogens is 434 g/mol. The zero-order chi connectivity index (χ0) is 23.3. The van der Waals surface area contributed by atoms with Gasteiger partial charge in [-0.3, -0.25) is 14.4 Å². The van der Waals surface area contributed by atoms with Crippen LogP contribution in [0.2, 0.25) is 0 Å². The van der Waals surface area contributed by atoms with Crippen LogP contribution >= 0.6 is 0 Å². The van der Waals surface area contributed by atoms with Crippen molar-refractivity contribution in [3.05, 3.63) is 95.6 Å². The largest absolute Gasteiger partial charge is 0.350 e. The number of likely N-dealkylation sites (tertiary alicyclic amines) is 1. The van der Waals surface area contributed by atoms with Gasteiger partial charge in [0.1, 0.15) is 0 Å². The van der Waals surface area contributed by atoms with Crippen LogP contribution in [0, 0.1) is 6.92 Å². The topological polar surface area (TPSA) is 78.5 Å². The molecule has 6 nitrogen and oxygen atoms in total. The van der Waals surface area contributed by atoms with Crippen molar-refractivity contribution in [2.24, 2.45) is 0 Å². The molecule has 0 unspecified atom stereocenters. The molecular formula is C26H29N3O3S. The SMILES string of the molecule is Cc1ccc(NS(=O)(=O)c2ccc(C(=O)NC[C@@H](c3ccccc3)N3CCCC3)cc2)cc1. The number of rotatable bonds is 8. The van der Waals surface area contributed by atoms with Crippen molar-refractivity contribution in [1.29, 1.82) is 0 Å². The van der Waals surface area contributed by atoms with Crippen LogP contribution in [0.5, 0.6) is 0 Å². The molecule has 1 fully saturated rings. The lowest BCUT2D eigenvalue weighted by Crippen LogP contribution is -2.36. The number of aryl methyl sites for hydroxylation is 1. The lowest BCUT2D eigenvalue weighted by molar-refractivity contribution is 0.0938. The molecule has 33 heavy (non-hydrogen) atoms. The van der Waals surface area contributed by atoms with Crippen molar-refractivity contribution < 1.29 is 13.2 Å². The monoisotopic (exact) mass is 463 g/mol. The second-order valence-corrected chi connectivity index (χ2v) is 10.1. The fourth-order valence-electron chi connectivity index (χ4n) is 4.10. The minimum absolute atomic E-state index is 0.110. The first-order chi connectivity index (χ1) is 15.9. The zero-order valence-electron chi connectivity index (χ0n) is 18.7. The standard InChI is InChI=1S/C26H29N3O3S/c1-20-9-13-23(14-10-20)28-33(31,32)24-15-11-22(12-16-24)26(30)27-19-25(29-17-5-6-18-29)21-7-3-2-4-8-21/h2-4,7-16,25,28H,5-6,17-19H2,1H3,(H,27,30)/t25-/m0/s1. The van der Waals surface area contributed by atoms with Gasteiger partial charge in [0.2, 0.25) is 0 Å². The van der Waals surface area contributed by atoms with Gasteiger partial charge in [0.15, 0.2) is 0 Å². The van der Waals surface area contributed by atoms with E-state index in [-0.39, 0.29) is 16.8 Å². The van der Waals surface area contributed by atoms with E-state index in [0.717, 1.165) is 18.7 Å². The highest BCUT2D eigenvalue weighted by molar-refractivity contribution is 7.92. The number of nitrogens with zero attached hydrogens (tertiary/aromatic N) is 1. The van der Waals surface area contributed by atoms with Gasteiger partial charge in [0.05, 0.1) is 10.9 Å². The van der Waals surface area contributed by atoms with Crippen LogP contribution < -0.4 is 10.0 Å². The van der Waals surface area contributed by atoms with Crippen molar-refractivity contribution in [2.45, 2.75) is 30.7 Å². The summed E-state index contributed by atoms with van der Waals surface area (Å²) in [5, 5.41) is 3.03. The molecule has 0 saturated carbocycles. The molecule has 1 heterocycles. The number of sulfonamides is 1. The summed E-state index contributed by atoms with van der Waals surface area (Å²) in [6.45, 7) is 4.49. The molecule has 0 spiro atoms. The average Bonchev–Trinajstić information content (AvgIpc) is 3.36. The molecule has 7 heteroatoms. The first kappa shape index (κ1) is 23.0. The van der Waals surface area contributed by atoms with Crippen molar-refractivity contribution >= 4 is 21.6 Å². The molecule has 1 amide bonds. The van der Waals surface area contributed by atoms with E-state index in [1.165, 1.54) is 30.5 Å². The Morgan fingerprint density at radius 2 is 1.55 bits per heavy atom. The minimum atomic E-state index is -3.73. The number of hydrogen-bond donors (Lipinski definition) is 2. The van der Waals surface area contributed by atoms with Gasteiger partial charge in [-0.05, 0) is 74.8 Å². The van der Waals surface area contributed by atoms with Crippen molar-refractivity contribution in [2.75, 3.05) is 24.4 Å². The summed E-state index contributed by atoms with van der Waals surface area (Å²) in [7, 11) is -3.73. The number of carbonyl (C=O) groups excluding carboxylic acids is 1. The summed E-state index contributed by atoms with van der Waals surface area (Å²) in [6.07, 6.45) is 2.34. The van der Waals surface area contributed by atoms with E-state index in [0.29, 0.717) is 17.8 Å². The average molecular weight is 464 g/mol. The summed E-state index contributed by atoms with van der Waals surface area (Å²) in [5.74, 6) is -0.217. The number of anilines is 1. The van der Waals surface area contributed by atoms with Crippen LogP contribution in [0.4, 0.5) is 5.69 Å². The van der Waals surface area contributed by atoms with Crippen molar-refractivity contribution in [3.63, 3.8) is 0 Å². The zero-order valence-corrected chi connectivity index (χ0v) is 19.5. The number of carbonyl (C=O) groups is 1. The molecule has 1 saturated heterocycles. The molecule has 1 aliphatic rings. The highest BCUT2D eigenvalue weighted by Gasteiger charge is 2.24. The van der Waals surface area contributed by atoms with E-state index in [1.807, 2.05) is 37.3 Å². The van der Waals surface area contributed by atoms with E-state index in [1.54, 1.807) is 24.3 Å². The third-order valence-corrected chi connectivity index (χ3v) is 7.35. The van der Waals surface area contributed by atoms with Crippen molar-refractivity contribution in [3.8, 4) is 0 Å². The predicted molar refractivity (Wildman–Crippen MR) is 131 cm³/mol. The number of nitrogens with one attached hydrogen (secondary N) is 2. The van der Waals surface area contributed by atoms with Gasteiger partial charge in [0, 0.05) is 17.8 Å². The molecule has 0 bridgehead atoms. The molecule has 3 aromatic carbocycles. The van der Waals surface area contributed by atoms with Gasteiger partial charge < -0.3 is 5.32 Å². The second kappa shape index (κ2) is 10.2. The Balaban J connectivity index is 1.41. The van der Waals surface area contributed by atoms with Crippen LogP contribution in [0.25, 0.3) is 0 Å². The maximum absolute atomic E-state index is 12.8. The summed E-state index contributed by atoms with van der Waals surface area (Å²) >= 11 is 0. The van der Waals surface area contributed by atoms with E-state index < -0.39 is 10.0 Å². The predicted octanol–water partition coefficient (Wildman–Crippen LogP) is 4.36. The molecule has 172 valence electrons. The molecule has 0 aliphatic carbocycles. The summed E-state index contributed by atoms with van der Waals surface area (Å²) in [4.78, 5) is 15.3. The number of hydrogen-bond acceptors (Lipinski definition) is 4. The Kier molecular flexibility index (Phi) is 7.11. The fourth-order valence-corrected chi connectivity index (χ4v) is 5.16. The molecule has 1 aliphatic heterocycles. The normalized spacial score (nSPS) is 15.2. The highest BCUT2D eigenvalue weighted by Crippen LogP contribution is 2.24. The van der Waals surface area contributed by atoms with Crippen molar-refractivity contribution in [1.82, 2.24) is 10.2 Å². The van der Waals surface area contributed by atoms with Crippen LogP contribution in [0.1, 0.15) is 40.4 Å². The molecule has 0 radical (unpaired) electrons. The second-order valence-electron chi connectivity index (χ2n) is 8.38. The van der Waals surface area contributed by atoms with E-state index in [2.05, 4.69) is 27.1 Å². The van der Waals surface area contributed by atoms with Gasteiger partial charge in [-0.25, -0.2) is 8.42 Å². The van der Waals surface area contributed by atoms with Gasteiger partial charge in [-0.15, -0.1) is 0 Å². The van der Waals surface area contributed by atoms with Gasteiger partial charge in [0.25, 0.3) is 15.9 Å². The quantitative estimate of drug-likeness (QED) is 0.520. The number of benzene rings is 3. The van der Waals surface area contributed by atoms with Crippen LogP contribution in [-0.4, -0.2) is 38.9 Å². The fraction of sp³-hybridized carbons (Fsp3) is 0.269. The maximum Gasteiger partial charge on any atom is 0.261 e. The van der Waals surface area contributed by atoms with Crippen LogP contribution in [-0.2, 0) is 10.0 Å². The van der Waals surface area contributed by atoms with Gasteiger partial charge in [-0.2, -0.15) is 0 Å². The third kappa shape index (κ3) is 5.80. The Hall–Kier alpha value is -3.16. The molecule has 4 rings (SSSR count). The Bertz CT molecular complexity index is 1170. The van der Waals surface area contributed by atoms with E-state index in [4.69, 9.17) is 0 Å². The van der Waals surface area contributed by atoms with Gasteiger partial charge >= 0.3 is 0 Å². The summed E-state index contributed by atoms with van der Waals surface area (Å²) in [5.41, 5.74) is 3.16. The van der Waals surface area contributed by atoms with Crippen LogP contribution in [0.15, 0.2) is 83.8 Å². The third-order valence-electron chi connectivity index (χ3n) is 5.95. The minimum Gasteiger partial charge on any atom is -0.350 e. The summed E-state index contributed by atoms with van der Waals surface area (Å²) in [6, 6.07) is 23.5. The lowest BCUT2D eigenvalue weighted by Gasteiger charge is -2.28. The van der Waals surface area contributed by atoms with Gasteiger partial charge in [-0.1, -0.05) is 48.0 Å². The lowest BCUT2D eigenvalue weighted by atomic mass is 10.1. The Morgan fingerprint density at radius 1 is 0.909 bits per heavy atom. The van der Waals surface area contributed by atoms with Crippen LogP contribution in [0.3, 0.4) is 0 Å². The molecule has 1 atom stereocenters. The van der Waals surface area contributed by atoms with E-state index >= 15 is 0 Å².